The minimum Gasteiger partial charge on any atom is -0.472 e. The zero-order valence-electron chi connectivity index (χ0n) is 11.3. The number of nitriles is 1. The summed E-state index contributed by atoms with van der Waals surface area (Å²) in [6.45, 7) is 2.60. The molecule has 0 unspecified atom stereocenters. The first-order chi connectivity index (χ1) is 10.3. The third-order valence-electron chi connectivity index (χ3n) is 3.42. The number of nitrogens with zero attached hydrogens (tertiary/aromatic N) is 5. The molecule has 1 fully saturated rings. The van der Waals surface area contributed by atoms with Crippen LogP contribution in [0.25, 0.3) is 0 Å². The highest BCUT2D eigenvalue weighted by Crippen LogP contribution is 2.14. The molecule has 0 radical (unpaired) electrons. The van der Waals surface area contributed by atoms with Crippen LogP contribution in [0, 0.1) is 11.3 Å². The maximum Gasteiger partial charge on any atom is 0.257 e. The number of piperazine rings is 1. The van der Waals surface area contributed by atoms with E-state index in [4.69, 9.17) is 9.68 Å². The van der Waals surface area contributed by atoms with Gasteiger partial charge in [-0.15, -0.1) is 10.2 Å². The van der Waals surface area contributed by atoms with Crippen molar-refractivity contribution in [2.75, 3.05) is 31.1 Å². The largest absolute Gasteiger partial charge is 0.472 e. The summed E-state index contributed by atoms with van der Waals surface area (Å²) in [6.07, 6.45) is 2.95. The molecule has 1 aliphatic rings. The van der Waals surface area contributed by atoms with E-state index in [1.165, 1.54) is 12.5 Å². The van der Waals surface area contributed by atoms with Gasteiger partial charge in [0.05, 0.1) is 11.8 Å². The van der Waals surface area contributed by atoms with Crippen LogP contribution in [0.5, 0.6) is 0 Å². The Morgan fingerprint density at radius 2 is 2.00 bits per heavy atom. The number of carbonyl (C=O) groups excluding carboxylic acids is 1. The van der Waals surface area contributed by atoms with E-state index in [1.807, 2.05) is 11.0 Å². The van der Waals surface area contributed by atoms with Crippen molar-refractivity contribution in [2.24, 2.45) is 0 Å². The predicted molar refractivity (Wildman–Crippen MR) is 73.6 cm³/mol. The van der Waals surface area contributed by atoms with E-state index in [1.54, 1.807) is 23.1 Å². The molecule has 106 valence electrons. The average Bonchev–Trinajstić information content (AvgIpc) is 3.09. The summed E-state index contributed by atoms with van der Waals surface area (Å²) in [5.74, 6) is 0.707. The van der Waals surface area contributed by atoms with Crippen molar-refractivity contribution < 1.29 is 9.21 Å². The lowest BCUT2D eigenvalue weighted by molar-refractivity contribution is 0.0746. The van der Waals surface area contributed by atoms with Crippen LogP contribution in [0.3, 0.4) is 0 Å². The molecule has 1 amide bonds. The third kappa shape index (κ3) is 2.69. The van der Waals surface area contributed by atoms with Crippen molar-refractivity contribution in [3.8, 4) is 6.07 Å². The predicted octanol–water partition coefficient (Wildman–Crippen LogP) is 0.904. The highest BCUT2D eigenvalue weighted by molar-refractivity contribution is 5.94. The summed E-state index contributed by atoms with van der Waals surface area (Å²) in [7, 11) is 0. The van der Waals surface area contributed by atoms with E-state index in [0.717, 1.165) is 5.82 Å². The second-order valence-corrected chi connectivity index (χ2v) is 4.68. The fourth-order valence-corrected chi connectivity index (χ4v) is 2.26. The van der Waals surface area contributed by atoms with Gasteiger partial charge in [0.2, 0.25) is 0 Å². The fourth-order valence-electron chi connectivity index (χ4n) is 2.26. The monoisotopic (exact) mass is 283 g/mol. The third-order valence-corrected chi connectivity index (χ3v) is 3.42. The highest BCUT2D eigenvalue weighted by atomic mass is 16.3. The molecule has 3 heterocycles. The van der Waals surface area contributed by atoms with E-state index in [0.29, 0.717) is 37.4 Å². The number of aromatic nitrogens is 2. The van der Waals surface area contributed by atoms with Gasteiger partial charge in [-0.25, -0.2) is 0 Å². The lowest BCUT2D eigenvalue weighted by Crippen LogP contribution is -2.49. The molecule has 1 saturated heterocycles. The van der Waals surface area contributed by atoms with Crippen LogP contribution in [0.1, 0.15) is 16.1 Å². The molecule has 0 saturated carbocycles. The molecular weight excluding hydrogens is 270 g/mol. The lowest BCUT2D eigenvalue weighted by Gasteiger charge is -2.34. The Labute approximate surface area is 121 Å². The van der Waals surface area contributed by atoms with E-state index in [2.05, 4.69) is 10.2 Å². The molecule has 0 spiro atoms. The lowest BCUT2D eigenvalue weighted by atomic mass is 10.2. The normalized spacial score (nSPS) is 14.8. The Kier molecular flexibility index (Phi) is 3.51. The molecule has 2 aromatic heterocycles. The van der Waals surface area contributed by atoms with Crippen LogP contribution in [0.4, 0.5) is 5.82 Å². The Morgan fingerprint density at radius 3 is 2.57 bits per heavy atom. The highest BCUT2D eigenvalue weighted by Gasteiger charge is 2.23. The minimum atomic E-state index is -0.0192. The number of anilines is 1. The maximum absolute atomic E-state index is 12.2. The molecule has 7 heteroatoms. The number of hydrogen-bond donors (Lipinski definition) is 0. The Balaban J connectivity index is 1.62. The molecule has 0 N–H and O–H groups in total. The number of carbonyl (C=O) groups is 1. The average molecular weight is 283 g/mol. The van der Waals surface area contributed by atoms with Crippen molar-refractivity contribution >= 4 is 11.7 Å². The molecule has 0 bridgehead atoms. The molecule has 1 aliphatic heterocycles. The molecular formula is C14H13N5O2. The molecule has 0 aliphatic carbocycles. The number of furan rings is 1. The van der Waals surface area contributed by atoms with E-state index >= 15 is 0 Å². The van der Waals surface area contributed by atoms with Crippen molar-refractivity contribution in [3.63, 3.8) is 0 Å². The van der Waals surface area contributed by atoms with Crippen LogP contribution in [0.2, 0.25) is 0 Å². The van der Waals surface area contributed by atoms with Crippen molar-refractivity contribution in [3.05, 3.63) is 42.0 Å². The van der Waals surface area contributed by atoms with Gasteiger partial charge >= 0.3 is 0 Å². The van der Waals surface area contributed by atoms with E-state index in [9.17, 15) is 4.79 Å². The second-order valence-electron chi connectivity index (χ2n) is 4.68. The number of hydrogen-bond acceptors (Lipinski definition) is 6. The number of amides is 1. The first-order valence-corrected chi connectivity index (χ1v) is 6.58. The zero-order valence-corrected chi connectivity index (χ0v) is 11.3. The second kappa shape index (κ2) is 5.63. The van der Waals surface area contributed by atoms with Gasteiger partial charge in [0.25, 0.3) is 5.91 Å². The van der Waals surface area contributed by atoms with Crippen LogP contribution in [-0.4, -0.2) is 47.2 Å². The van der Waals surface area contributed by atoms with Crippen LogP contribution < -0.4 is 4.90 Å². The van der Waals surface area contributed by atoms with Gasteiger partial charge < -0.3 is 14.2 Å². The van der Waals surface area contributed by atoms with Crippen molar-refractivity contribution in [2.45, 2.75) is 0 Å². The van der Waals surface area contributed by atoms with Gasteiger partial charge in [-0.1, -0.05) is 0 Å². The Bertz CT molecular complexity index is 652. The van der Waals surface area contributed by atoms with Crippen LogP contribution in [-0.2, 0) is 0 Å². The first kappa shape index (κ1) is 13.1. The molecule has 0 aromatic carbocycles. The van der Waals surface area contributed by atoms with Crippen molar-refractivity contribution in [1.82, 2.24) is 15.1 Å². The summed E-state index contributed by atoms with van der Waals surface area (Å²) in [5, 5.41) is 16.6. The first-order valence-electron chi connectivity index (χ1n) is 6.58. The van der Waals surface area contributed by atoms with E-state index in [-0.39, 0.29) is 5.91 Å². The van der Waals surface area contributed by atoms with Crippen molar-refractivity contribution in [1.29, 1.82) is 5.26 Å². The van der Waals surface area contributed by atoms with Gasteiger partial charge in [-0.3, -0.25) is 4.79 Å². The summed E-state index contributed by atoms with van der Waals surface area (Å²) in [5.41, 5.74) is 0.870. The van der Waals surface area contributed by atoms with Gasteiger partial charge in [-0.2, -0.15) is 5.26 Å². The summed E-state index contributed by atoms with van der Waals surface area (Å²) in [6, 6.07) is 7.03. The Hall–Kier alpha value is -2.88. The molecule has 3 rings (SSSR count). The van der Waals surface area contributed by atoms with Crippen LogP contribution in [0.15, 0.2) is 35.1 Å². The smallest absolute Gasteiger partial charge is 0.257 e. The van der Waals surface area contributed by atoms with E-state index < -0.39 is 0 Å². The summed E-state index contributed by atoms with van der Waals surface area (Å²) < 4.78 is 4.94. The minimum absolute atomic E-state index is 0.0192. The topological polar surface area (TPSA) is 86.3 Å². The van der Waals surface area contributed by atoms with Gasteiger partial charge in [0.1, 0.15) is 12.3 Å². The van der Waals surface area contributed by atoms with Gasteiger partial charge in [0.15, 0.2) is 11.5 Å². The maximum atomic E-state index is 12.2. The molecule has 7 nitrogen and oxygen atoms in total. The Morgan fingerprint density at radius 1 is 1.19 bits per heavy atom. The fraction of sp³-hybridized carbons (Fsp3) is 0.286. The molecule has 0 atom stereocenters. The molecule has 2 aromatic rings. The molecule has 21 heavy (non-hydrogen) atoms. The van der Waals surface area contributed by atoms with Gasteiger partial charge in [0, 0.05) is 26.2 Å². The summed E-state index contributed by atoms with van der Waals surface area (Å²) in [4.78, 5) is 16.0. The summed E-state index contributed by atoms with van der Waals surface area (Å²) >= 11 is 0. The van der Waals surface area contributed by atoms with Gasteiger partial charge in [-0.05, 0) is 18.2 Å². The standard InChI is InChI=1S/C14H13N5O2/c15-9-12-1-2-13(17-16-12)18-4-6-19(7-5-18)14(20)11-3-8-21-10-11/h1-3,8,10H,4-7H2. The SMILES string of the molecule is N#Cc1ccc(N2CCN(C(=O)c3ccoc3)CC2)nn1. The number of rotatable bonds is 2. The quantitative estimate of drug-likeness (QED) is 0.814. The van der Waals surface area contributed by atoms with Crippen LogP contribution >= 0.6 is 0 Å². The zero-order chi connectivity index (χ0) is 14.7.